The summed E-state index contributed by atoms with van der Waals surface area (Å²) in [4.78, 5) is 41.1. The van der Waals surface area contributed by atoms with Gasteiger partial charge in [-0.2, -0.15) is 0 Å². The molecule has 0 aliphatic heterocycles. The van der Waals surface area contributed by atoms with Gasteiger partial charge in [-0.05, 0) is 97.4 Å². The Morgan fingerprint density at radius 2 is 1.07 bits per heavy atom. The average molecular weight is 604 g/mol. The highest BCUT2D eigenvalue weighted by Crippen LogP contribution is 2.30. The molecule has 2 amide bonds. The summed E-state index contributed by atoms with van der Waals surface area (Å²) in [5.74, 6) is 0.625. The minimum Gasteiger partial charge on any atom is -0.480 e. The number of carbonyl (C=O) groups excluding carboxylic acids is 2. The van der Waals surface area contributed by atoms with Gasteiger partial charge in [-0.25, -0.2) is 0 Å². The van der Waals surface area contributed by atoms with Crippen LogP contribution in [0.5, 0.6) is 11.5 Å². The zero-order valence-electron chi connectivity index (χ0n) is 27.6. The van der Waals surface area contributed by atoms with Crippen molar-refractivity contribution in [3.63, 3.8) is 0 Å². The van der Waals surface area contributed by atoms with Crippen LogP contribution in [0.25, 0.3) is 0 Å². The molecule has 0 spiro atoms. The SMILES string of the molecule is CC(C)N(C(=O)COc1ccc(CN(Cc2ccccn2)Cc2ccccn2)cc1OCC(=O)N(C(C)C)C(C)C)C(C)C. The minimum absolute atomic E-state index is 0.0376. The van der Waals surface area contributed by atoms with Crippen LogP contribution in [0.1, 0.15) is 72.3 Å². The Morgan fingerprint density at radius 3 is 1.48 bits per heavy atom. The maximum atomic E-state index is 13.2. The summed E-state index contributed by atoms with van der Waals surface area (Å²) >= 11 is 0. The summed E-state index contributed by atoms with van der Waals surface area (Å²) in [7, 11) is 0. The van der Waals surface area contributed by atoms with E-state index in [9.17, 15) is 9.59 Å². The standard InChI is InChI=1S/C35H49N5O4/c1-25(2)39(26(3)4)34(41)23-43-32-16-15-29(19-33(32)44-24-35(42)40(27(5)6)28(7)8)20-38(21-30-13-9-11-17-36-30)22-31-14-10-12-18-37-31/h9-19,25-28H,20-24H2,1-8H3. The van der Waals surface area contributed by atoms with Crippen molar-refractivity contribution < 1.29 is 19.1 Å². The summed E-state index contributed by atoms with van der Waals surface area (Å²) in [5, 5.41) is 0. The third-order valence-corrected chi connectivity index (χ3v) is 7.14. The Labute approximate surface area is 263 Å². The number of hydrogen-bond donors (Lipinski definition) is 0. The van der Waals surface area contributed by atoms with Gasteiger partial charge in [0.25, 0.3) is 11.8 Å². The van der Waals surface area contributed by atoms with Gasteiger partial charge in [0, 0.05) is 56.2 Å². The molecule has 0 atom stereocenters. The number of aromatic nitrogens is 2. The van der Waals surface area contributed by atoms with Gasteiger partial charge in [-0.15, -0.1) is 0 Å². The van der Waals surface area contributed by atoms with Gasteiger partial charge in [-0.3, -0.25) is 24.5 Å². The molecular weight excluding hydrogens is 554 g/mol. The van der Waals surface area contributed by atoms with E-state index in [0.717, 1.165) is 17.0 Å². The lowest BCUT2D eigenvalue weighted by Gasteiger charge is -2.31. The van der Waals surface area contributed by atoms with Gasteiger partial charge in [0.1, 0.15) is 0 Å². The maximum absolute atomic E-state index is 13.2. The van der Waals surface area contributed by atoms with E-state index in [1.807, 2.05) is 110 Å². The van der Waals surface area contributed by atoms with Crippen molar-refractivity contribution in [2.45, 2.75) is 99.2 Å². The summed E-state index contributed by atoms with van der Waals surface area (Å²) in [6, 6.07) is 17.6. The van der Waals surface area contributed by atoms with Crippen LogP contribution >= 0.6 is 0 Å². The molecular formula is C35H49N5O4. The molecule has 0 radical (unpaired) electrons. The third-order valence-electron chi connectivity index (χ3n) is 7.14. The first-order valence-corrected chi connectivity index (χ1v) is 15.5. The normalized spacial score (nSPS) is 11.5. The fourth-order valence-electron chi connectivity index (χ4n) is 5.52. The second-order valence-electron chi connectivity index (χ2n) is 12.1. The molecule has 3 rings (SSSR count). The predicted molar refractivity (Wildman–Crippen MR) is 173 cm³/mol. The molecule has 3 aromatic rings. The quantitative estimate of drug-likeness (QED) is 0.207. The lowest BCUT2D eigenvalue weighted by molar-refractivity contribution is -0.138. The molecule has 238 valence electrons. The largest absolute Gasteiger partial charge is 0.480 e. The lowest BCUT2D eigenvalue weighted by atomic mass is 10.1. The second-order valence-corrected chi connectivity index (χ2v) is 12.1. The van der Waals surface area contributed by atoms with Gasteiger partial charge in [0.2, 0.25) is 0 Å². The van der Waals surface area contributed by atoms with E-state index in [2.05, 4.69) is 14.9 Å². The van der Waals surface area contributed by atoms with E-state index in [4.69, 9.17) is 9.47 Å². The van der Waals surface area contributed by atoms with E-state index in [-0.39, 0.29) is 49.2 Å². The van der Waals surface area contributed by atoms with Crippen molar-refractivity contribution in [3.8, 4) is 11.5 Å². The fourth-order valence-corrected chi connectivity index (χ4v) is 5.52. The highest BCUT2D eigenvalue weighted by atomic mass is 16.5. The molecule has 0 saturated carbocycles. The Bertz CT molecular complexity index is 1260. The van der Waals surface area contributed by atoms with Gasteiger partial charge in [0.05, 0.1) is 11.4 Å². The van der Waals surface area contributed by atoms with Gasteiger partial charge < -0.3 is 19.3 Å². The summed E-state index contributed by atoms with van der Waals surface area (Å²) in [6.45, 7) is 17.5. The smallest absolute Gasteiger partial charge is 0.260 e. The number of hydrogen-bond acceptors (Lipinski definition) is 7. The molecule has 0 unspecified atom stereocenters. The molecule has 0 saturated heterocycles. The number of nitrogens with zero attached hydrogens (tertiary/aromatic N) is 5. The van der Waals surface area contributed by atoms with E-state index >= 15 is 0 Å². The van der Waals surface area contributed by atoms with Crippen molar-refractivity contribution in [2.24, 2.45) is 0 Å². The summed E-state index contributed by atoms with van der Waals surface area (Å²) in [5.41, 5.74) is 2.87. The number of ether oxygens (including phenoxy) is 2. The van der Waals surface area contributed by atoms with Crippen LogP contribution in [0.2, 0.25) is 0 Å². The van der Waals surface area contributed by atoms with Crippen molar-refractivity contribution >= 4 is 11.8 Å². The molecule has 1 aromatic carbocycles. The average Bonchev–Trinajstić information content (AvgIpc) is 2.96. The van der Waals surface area contributed by atoms with Crippen LogP contribution in [-0.2, 0) is 29.2 Å². The lowest BCUT2D eigenvalue weighted by Crippen LogP contribution is -2.44. The molecule has 0 bridgehead atoms. The first-order chi connectivity index (χ1) is 21.0. The molecule has 9 nitrogen and oxygen atoms in total. The van der Waals surface area contributed by atoms with Crippen LogP contribution in [0.3, 0.4) is 0 Å². The van der Waals surface area contributed by atoms with Crippen LogP contribution in [0.4, 0.5) is 0 Å². The maximum Gasteiger partial charge on any atom is 0.260 e. The first-order valence-electron chi connectivity index (χ1n) is 15.5. The predicted octanol–water partition coefficient (Wildman–Crippen LogP) is 5.73. The van der Waals surface area contributed by atoms with Crippen LogP contribution < -0.4 is 9.47 Å². The first kappa shape index (κ1) is 34.5. The van der Waals surface area contributed by atoms with E-state index in [1.54, 1.807) is 22.2 Å². The number of pyridine rings is 2. The van der Waals surface area contributed by atoms with Gasteiger partial charge >= 0.3 is 0 Å². The molecule has 9 heteroatoms. The molecule has 0 aliphatic carbocycles. The van der Waals surface area contributed by atoms with Gasteiger partial charge in [-0.1, -0.05) is 18.2 Å². The summed E-state index contributed by atoms with van der Waals surface area (Å²) < 4.78 is 12.2. The number of carbonyl (C=O) groups is 2. The molecule has 2 heterocycles. The fraction of sp³-hybridized carbons (Fsp3) is 0.486. The van der Waals surface area contributed by atoms with Crippen molar-refractivity contribution in [1.82, 2.24) is 24.7 Å². The Morgan fingerprint density at radius 1 is 0.614 bits per heavy atom. The van der Waals surface area contributed by atoms with Crippen LogP contribution in [0.15, 0.2) is 67.0 Å². The highest BCUT2D eigenvalue weighted by Gasteiger charge is 2.23. The second kappa shape index (κ2) is 16.8. The molecule has 0 N–H and O–H groups in total. The van der Waals surface area contributed by atoms with Crippen LogP contribution in [0, 0.1) is 0 Å². The van der Waals surface area contributed by atoms with E-state index in [1.165, 1.54) is 0 Å². The third kappa shape index (κ3) is 10.3. The highest BCUT2D eigenvalue weighted by molar-refractivity contribution is 5.79. The number of amides is 2. The van der Waals surface area contributed by atoms with E-state index in [0.29, 0.717) is 31.1 Å². The molecule has 0 aliphatic rings. The number of benzene rings is 1. The Balaban J connectivity index is 1.87. The zero-order chi connectivity index (χ0) is 32.2. The zero-order valence-corrected chi connectivity index (χ0v) is 27.6. The minimum atomic E-state index is -0.139. The summed E-state index contributed by atoms with van der Waals surface area (Å²) in [6.07, 6.45) is 3.59. The van der Waals surface area contributed by atoms with Crippen LogP contribution in [-0.4, -0.2) is 73.9 Å². The van der Waals surface area contributed by atoms with Crippen molar-refractivity contribution in [2.75, 3.05) is 13.2 Å². The van der Waals surface area contributed by atoms with Gasteiger partial charge in [0.15, 0.2) is 24.7 Å². The Kier molecular flexibility index (Phi) is 13.1. The van der Waals surface area contributed by atoms with Crippen molar-refractivity contribution in [1.29, 1.82) is 0 Å². The van der Waals surface area contributed by atoms with E-state index < -0.39 is 0 Å². The Hall–Kier alpha value is -3.98. The molecule has 0 fully saturated rings. The van der Waals surface area contributed by atoms with Crippen molar-refractivity contribution in [3.05, 3.63) is 83.9 Å². The monoisotopic (exact) mass is 603 g/mol. The molecule has 2 aromatic heterocycles. The number of rotatable bonds is 16. The topological polar surface area (TPSA) is 88.1 Å². The molecule has 44 heavy (non-hydrogen) atoms.